The summed E-state index contributed by atoms with van der Waals surface area (Å²) in [5, 5.41) is 14.4. The zero-order chi connectivity index (χ0) is 19.6. The average Bonchev–Trinajstić information content (AvgIpc) is 2.76. The van der Waals surface area contributed by atoms with Gasteiger partial charge in [0.25, 0.3) is 0 Å². The Labute approximate surface area is 193 Å². The molecule has 0 aromatic carbocycles. The van der Waals surface area contributed by atoms with E-state index in [-0.39, 0.29) is 32.3 Å². The molecule has 1 radical (unpaired) electrons. The van der Waals surface area contributed by atoms with Crippen LogP contribution in [0.1, 0.15) is 96.3 Å². The molecule has 4 fully saturated rings. The zero-order valence-electron chi connectivity index (χ0n) is 17.9. The van der Waals surface area contributed by atoms with E-state index in [1.807, 2.05) is 0 Å². The van der Waals surface area contributed by atoms with Crippen LogP contribution in [0, 0.1) is 12.3 Å². The first-order valence-corrected chi connectivity index (χ1v) is 12.9. The fourth-order valence-corrected chi connectivity index (χ4v) is 6.35. The molecule has 0 bridgehead atoms. The SMILES string of the molecule is FC1C[CH-]C(C2CCCC[N-]2)CC1.OC1CCCCC1OPC1CCCCC1.[Ir]. The molecule has 1 N–H and O–H groups in total. The van der Waals surface area contributed by atoms with E-state index < -0.39 is 6.17 Å². The second kappa shape index (κ2) is 14.9. The number of hydrogen-bond donors (Lipinski definition) is 1. The van der Waals surface area contributed by atoms with Crippen molar-refractivity contribution in [3.8, 4) is 0 Å². The maximum Gasteiger partial charge on any atom is 0.0873 e. The van der Waals surface area contributed by atoms with E-state index in [2.05, 4.69) is 11.7 Å². The van der Waals surface area contributed by atoms with Crippen LogP contribution >= 0.6 is 8.81 Å². The van der Waals surface area contributed by atoms with Gasteiger partial charge in [0.05, 0.1) is 18.4 Å². The number of hydrogen-bond acceptors (Lipinski definition) is 2. The van der Waals surface area contributed by atoms with Crippen molar-refractivity contribution in [2.45, 2.75) is 126 Å². The van der Waals surface area contributed by atoms with Crippen molar-refractivity contribution in [2.24, 2.45) is 5.92 Å². The van der Waals surface area contributed by atoms with Crippen molar-refractivity contribution in [2.75, 3.05) is 6.54 Å². The summed E-state index contributed by atoms with van der Waals surface area (Å²) in [4.78, 5) is 0. The van der Waals surface area contributed by atoms with Gasteiger partial charge in [0.15, 0.2) is 0 Å². The molecule has 0 spiro atoms. The predicted molar refractivity (Wildman–Crippen MR) is 117 cm³/mol. The van der Waals surface area contributed by atoms with Crippen molar-refractivity contribution in [3.63, 3.8) is 0 Å². The van der Waals surface area contributed by atoms with Gasteiger partial charge in [0.1, 0.15) is 0 Å². The fraction of sp³-hybridized carbons (Fsp3) is 0.957. The largest absolute Gasteiger partial charge is 0.661 e. The molecule has 1 aliphatic heterocycles. The number of rotatable bonds is 4. The van der Waals surface area contributed by atoms with Crippen LogP contribution in [0.2, 0.25) is 0 Å². The quantitative estimate of drug-likeness (QED) is 0.294. The molecule has 6 atom stereocenters. The summed E-state index contributed by atoms with van der Waals surface area (Å²) >= 11 is 0. The summed E-state index contributed by atoms with van der Waals surface area (Å²) < 4.78 is 18.8. The summed E-state index contributed by atoms with van der Waals surface area (Å²) in [5.41, 5.74) is 0.799. The molecule has 1 saturated heterocycles. The van der Waals surface area contributed by atoms with Crippen LogP contribution in [0.15, 0.2) is 0 Å². The van der Waals surface area contributed by atoms with E-state index in [0.717, 1.165) is 37.9 Å². The first kappa shape index (κ1) is 26.1. The molecule has 3 aliphatic carbocycles. The minimum Gasteiger partial charge on any atom is -0.661 e. The van der Waals surface area contributed by atoms with Crippen LogP contribution < -0.4 is 0 Å². The van der Waals surface area contributed by atoms with E-state index in [1.54, 1.807) is 0 Å². The Bertz CT molecular complexity index is 414. The molecule has 0 amide bonds. The van der Waals surface area contributed by atoms with Crippen LogP contribution in [-0.2, 0) is 24.6 Å². The molecule has 1 heterocycles. The number of piperidine rings is 1. The van der Waals surface area contributed by atoms with Gasteiger partial charge in [0, 0.05) is 34.6 Å². The summed E-state index contributed by atoms with van der Waals surface area (Å²) in [6, 6.07) is 0.529. The first-order valence-electron chi connectivity index (χ1n) is 12.0. The summed E-state index contributed by atoms with van der Waals surface area (Å²) in [6.45, 7) is 1.04. The van der Waals surface area contributed by atoms with Crippen LogP contribution in [0.25, 0.3) is 5.32 Å². The van der Waals surface area contributed by atoms with Crippen molar-refractivity contribution in [1.82, 2.24) is 0 Å². The number of aliphatic hydroxyl groups excluding tert-OH is 1. The Hall–Kier alpha value is 0.889. The van der Waals surface area contributed by atoms with Crippen LogP contribution in [0.4, 0.5) is 4.39 Å². The van der Waals surface area contributed by atoms with Crippen molar-refractivity contribution in [3.05, 3.63) is 11.7 Å². The van der Waals surface area contributed by atoms with E-state index in [9.17, 15) is 9.50 Å². The number of aliphatic hydroxyl groups is 1. The molecule has 173 valence electrons. The molecule has 29 heavy (non-hydrogen) atoms. The minimum atomic E-state index is -0.570. The Morgan fingerprint density at radius 1 is 0.862 bits per heavy atom. The third-order valence-corrected chi connectivity index (χ3v) is 8.28. The van der Waals surface area contributed by atoms with Gasteiger partial charge in [-0.3, -0.25) is 4.39 Å². The maximum atomic E-state index is 12.9. The van der Waals surface area contributed by atoms with Gasteiger partial charge in [-0.25, -0.2) is 0 Å². The molecule has 6 unspecified atom stereocenters. The first-order chi connectivity index (χ1) is 13.7. The average molecular weight is 606 g/mol. The van der Waals surface area contributed by atoms with Crippen molar-refractivity contribution >= 4 is 8.81 Å². The van der Waals surface area contributed by atoms with E-state index in [0.29, 0.717) is 27.2 Å². The Kier molecular flexibility index (Phi) is 13.4. The molecular formula is C23H41FIrNO2P-2. The topological polar surface area (TPSA) is 43.6 Å². The van der Waals surface area contributed by atoms with Gasteiger partial charge in [-0.2, -0.15) is 12.0 Å². The maximum absolute atomic E-state index is 12.9. The molecule has 4 rings (SSSR count). The zero-order valence-corrected chi connectivity index (χ0v) is 21.3. The summed E-state index contributed by atoms with van der Waals surface area (Å²) in [7, 11) is 0.638. The molecule has 3 nitrogen and oxygen atoms in total. The number of alkyl halides is 1. The van der Waals surface area contributed by atoms with Crippen LogP contribution in [0.3, 0.4) is 0 Å². The van der Waals surface area contributed by atoms with Gasteiger partial charge in [-0.1, -0.05) is 57.8 Å². The normalized spacial score (nSPS) is 36.8. The van der Waals surface area contributed by atoms with Gasteiger partial charge in [0.2, 0.25) is 0 Å². The van der Waals surface area contributed by atoms with Gasteiger partial charge >= 0.3 is 0 Å². The van der Waals surface area contributed by atoms with E-state index in [1.165, 1.54) is 64.2 Å². The summed E-state index contributed by atoms with van der Waals surface area (Å²) in [6.07, 6.45) is 19.1. The molecule has 0 aromatic heterocycles. The minimum absolute atomic E-state index is 0. The standard InChI is InChI=1S/C12H23O2P.C11H18FN.Ir/c13-11-8-4-5-9-12(11)14-15-10-6-2-1-3-7-10;12-10-6-4-9(5-7-10)11-3-1-2-8-13-11;/h10-13,15H,1-9H2;4,9-11H,1-3,5-8H2;/q;-2;. The number of nitrogens with zero attached hydrogens (tertiary/aromatic N) is 1. The van der Waals surface area contributed by atoms with Crippen molar-refractivity contribution < 1.29 is 34.1 Å². The van der Waals surface area contributed by atoms with Crippen LogP contribution in [0.5, 0.6) is 0 Å². The molecule has 0 aromatic rings. The smallest absolute Gasteiger partial charge is 0.0873 e. The molecular weight excluding hydrogens is 564 g/mol. The van der Waals surface area contributed by atoms with Crippen LogP contribution in [-0.4, -0.2) is 41.7 Å². The fourth-order valence-electron chi connectivity index (χ4n) is 5.06. The second-order valence-electron chi connectivity index (χ2n) is 9.24. The van der Waals surface area contributed by atoms with E-state index >= 15 is 0 Å². The summed E-state index contributed by atoms with van der Waals surface area (Å²) in [5.74, 6) is 0.590. The van der Waals surface area contributed by atoms with Gasteiger partial charge in [-0.15, -0.1) is 13.0 Å². The van der Waals surface area contributed by atoms with Crippen molar-refractivity contribution in [1.29, 1.82) is 0 Å². The monoisotopic (exact) mass is 606 g/mol. The molecule has 6 heteroatoms. The third-order valence-electron chi connectivity index (χ3n) is 6.93. The number of halogens is 1. The van der Waals surface area contributed by atoms with Gasteiger partial charge in [-0.05, 0) is 32.1 Å². The molecule has 3 saturated carbocycles. The Morgan fingerprint density at radius 3 is 2.24 bits per heavy atom. The Morgan fingerprint density at radius 2 is 1.59 bits per heavy atom. The predicted octanol–water partition coefficient (Wildman–Crippen LogP) is 6.49. The van der Waals surface area contributed by atoms with E-state index in [4.69, 9.17) is 4.52 Å². The van der Waals surface area contributed by atoms with Gasteiger partial charge < -0.3 is 21.4 Å². The Balaban J connectivity index is 0.000000202. The molecule has 4 aliphatic rings. The third kappa shape index (κ3) is 9.50. The second-order valence-corrected chi connectivity index (χ2v) is 10.5.